The van der Waals surface area contributed by atoms with Gasteiger partial charge < -0.3 is 10.2 Å². The number of benzene rings is 1. The van der Waals surface area contributed by atoms with Gasteiger partial charge in [-0.25, -0.2) is 9.37 Å². The summed E-state index contributed by atoms with van der Waals surface area (Å²) in [6.07, 6.45) is 1.61. The quantitative estimate of drug-likeness (QED) is 0.826. The molecular formula is C20H24FN3O2S. The number of aryl methyl sites for hydroxylation is 2. The van der Waals surface area contributed by atoms with Crippen LogP contribution in [0.25, 0.3) is 0 Å². The van der Waals surface area contributed by atoms with Crippen molar-refractivity contribution in [2.24, 2.45) is 5.92 Å². The minimum absolute atomic E-state index is 0.0112. The fourth-order valence-electron chi connectivity index (χ4n) is 3.22. The number of hydrogen-bond acceptors (Lipinski definition) is 4. The topological polar surface area (TPSA) is 62.3 Å². The van der Waals surface area contributed by atoms with E-state index >= 15 is 0 Å². The largest absolute Gasteiger partial charge is 0.355 e. The molecule has 0 aliphatic carbocycles. The summed E-state index contributed by atoms with van der Waals surface area (Å²) in [6, 6.07) is 6.22. The zero-order chi connectivity index (χ0) is 19.4. The summed E-state index contributed by atoms with van der Waals surface area (Å²) in [4.78, 5) is 32.0. The summed E-state index contributed by atoms with van der Waals surface area (Å²) in [5.74, 6) is -0.566. The Bertz CT molecular complexity index is 817. The second kappa shape index (κ2) is 8.61. The van der Waals surface area contributed by atoms with E-state index in [0.717, 1.165) is 16.3 Å². The van der Waals surface area contributed by atoms with Crippen molar-refractivity contribution >= 4 is 23.2 Å². The first-order valence-electron chi connectivity index (χ1n) is 9.15. The normalized spacial score (nSPS) is 17.2. The predicted molar refractivity (Wildman–Crippen MR) is 103 cm³/mol. The van der Waals surface area contributed by atoms with Crippen molar-refractivity contribution < 1.29 is 14.0 Å². The minimum atomic E-state index is -0.320. The number of hydrogen-bond donors (Lipinski definition) is 1. The van der Waals surface area contributed by atoms with Crippen LogP contribution in [0.1, 0.15) is 34.0 Å². The number of nitrogens with zero attached hydrogens (tertiary/aromatic N) is 2. The third kappa shape index (κ3) is 5.13. The van der Waals surface area contributed by atoms with Gasteiger partial charge in [0.15, 0.2) is 0 Å². The first-order valence-corrected chi connectivity index (χ1v) is 9.97. The van der Waals surface area contributed by atoms with Crippen LogP contribution in [-0.2, 0) is 22.6 Å². The highest BCUT2D eigenvalue weighted by atomic mass is 32.1. The van der Waals surface area contributed by atoms with Gasteiger partial charge in [-0.3, -0.25) is 9.59 Å². The van der Waals surface area contributed by atoms with Gasteiger partial charge in [-0.05, 0) is 38.0 Å². The van der Waals surface area contributed by atoms with Gasteiger partial charge in [0.2, 0.25) is 11.8 Å². The van der Waals surface area contributed by atoms with Crippen LogP contribution in [0.15, 0.2) is 24.3 Å². The lowest BCUT2D eigenvalue weighted by atomic mass is 9.96. The van der Waals surface area contributed by atoms with Crippen molar-refractivity contribution in [1.29, 1.82) is 0 Å². The number of nitrogens with one attached hydrogen (secondary N) is 1. The molecule has 0 spiro atoms. The fraction of sp³-hybridized carbons (Fsp3) is 0.450. The standard InChI is InChI=1S/C20H24FN3O2S/c1-13-14(2)27-18(23-13)8-9-22-20(26)16-6-7-19(25)24(12-16)11-15-4-3-5-17(21)10-15/h3-5,10,16H,6-9,11-12H2,1-2H3,(H,22,26)/t16-/m0/s1. The molecule has 0 bridgehead atoms. The number of aromatic nitrogens is 1. The fourth-order valence-corrected chi connectivity index (χ4v) is 4.15. The molecule has 1 aromatic carbocycles. The summed E-state index contributed by atoms with van der Waals surface area (Å²) < 4.78 is 13.4. The molecule has 1 saturated heterocycles. The van der Waals surface area contributed by atoms with Gasteiger partial charge in [0.25, 0.3) is 0 Å². The van der Waals surface area contributed by atoms with E-state index in [-0.39, 0.29) is 23.5 Å². The van der Waals surface area contributed by atoms with Gasteiger partial charge >= 0.3 is 0 Å². The van der Waals surface area contributed by atoms with Crippen molar-refractivity contribution in [2.75, 3.05) is 13.1 Å². The molecule has 5 nitrogen and oxygen atoms in total. The van der Waals surface area contributed by atoms with Gasteiger partial charge in [-0.15, -0.1) is 11.3 Å². The molecule has 0 unspecified atom stereocenters. The number of likely N-dealkylation sites (tertiary alicyclic amines) is 1. The number of halogens is 1. The monoisotopic (exact) mass is 389 g/mol. The zero-order valence-electron chi connectivity index (χ0n) is 15.6. The molecule has 2 heterocycles. The number of rotatable bonds is 6. The molecule has 7 heteroatoms. The second-order valence-corrected chi connectivity index (χ2v) is 8.22. The van der Waals surface area contributed by atoms with Gasteiger partial charge in [0, 0.05) is 37.4 Å². The summed E-state index contributed by atoms with van der Waals surface area (Å²) in [5, 5.41) is 3.99. The van der Waals surface area contributed by atoms with Gasteiger partial charge in [-0.1, -0.05) is 12.1 Å². The van der Waals surface area contributed by atoms with E-state index < -0.39 is 0 Å². The number of carbonyl (C=O) groups is 2. The number of amides is 2. The van der Waals surface area contributed by atoms with E-state index in [1.165, 1.54) is 17.0 Å². The molecule has 1 aliphatic heterocycles. The lowest BCUT2D eigenvalue weighted by Crippen LogP contribution is -2.45. The first-order chi connectivity index (χ1) is 12.9. The van der Waals surface area contributed by atoms with E-state index in [2.05, 4.69) is 10.3 Å². The molecule has 3 rings (SSSR count). The van der Waals surface area contributed by atoms with Crippen LogP contribution in [0.5, 0.6) is 0 Å². The van der Waals surface area contributed by atoms with E-state index in [1.807, 2.05) is 13.8 Å². The van der Waals surface area contributed by atoms with Crippen molar-refractivity contribution in [3.05, 3.63) is 51.2 Å². The molecule has 1 aliphatic rings. The zero-order valence-corrected chi connectivity index (χ0v) is 16.4. The number of thiazole rings is 1. The van der Waals surface area contributed by atoms with Crippen LogP contribution < -0.4 is 5.32 Å². The van der Waals surface area contributed by atoms with Gasteiger partial charge in [0.1, 0.15) is 5.82 Å². The van der Waals surface area contributed by atoms with Crippen LogP contribution in [-0.4, -0.2) is 34.8 Å². The molecule has 27 heavy (non-hydrogen) atoms. The summed E-state index contributed by atoms with van der Waals surface area (Å²) in [7, 11) is 0. The second-order valence-electron chi connectivity index (χ2n) is 6.93. The summed E-state index contributed by atoms with van der Waals surface area (Å²) in [6.45, 7) is 5.27. The highest BCUT2D eigenvalue weighted by molar-refractivity contribution is 7.11. The van der Waals surface area contributed by atoms with Gasteiger partial charge in [0.05, 0.1) is 16.6 Å². The Labute approximate surface area is 162 Å². The van der Waals surface area contributed by atoms with Crippen molar-refractivity contribution in [2.45, 2.75) is 39.7 Å². The number of piperidine rings is 1. The molecule has 0 saturated carbocycles. The molecule has 1 aromatic heterocycles. The van der Waals surface area contributed by atoms with Crippen LogP contribution >= 0.6 is 11.3 Å². The Hall–Kier alpha value is -2.28. The Morgan fingerprint density at radius 3 is 2.93 bits per heavy atom. The Balaban J connectivity index is 1.51. The lowest BCUT2D eigenvalue weighted by molar-refractivity contribution is -0.138. The molecule has 144 valence electrons. The Kier molecular flexibility index (Phi) is 6.21. The lowest BCUT2D eigenvalue weighted by Gasteiger charge is -2.32. The van der Waals surface area contributed by atoms with E-state index in [0.29, 0.717) is 38.9 Å². The maximum Gasteiger partial charge on any atom is 0.224 e. The molecule has 2 amide bonds. The van der Waals surface area contributed by atoms with E-state index in [9.17, 15) is 14.0 Å². The maximum absolute atomic E-state index is 13.4. The van der Waals surface area contributed by atoms with E-state index in [1.54, 1.807) is 28.4 Å². The van der Waals surface area contributed by atoms with Crippen LogP contribution in [0.3, 0.4) is 0 Å². The molecular weight excluding hydrogens is 365 g/mol. The average Bonchev–Trinajstić information content (AvgIpc) is 2.94. The Morgan fingerprint density at radius 1 is 1.41 bits per heavy atom. The predicted octanol–water partition coefficient (Wildman–Crippen LogP) is 3.00. The van der Waals surface area contributed by atoms with E-state index in [4.69, 9.17) is 0 Å². The van der Waals surface area contributed by atoms with Crippen LogP contribution in [0.4, 0.5) is 4.39 Å². The SMILES string of the molecule is Cc1nc(CCNC(=O)[C@H]2CCC(=O)N(Cc3cccc(F)c3)C2)sc1C. The van der Waals surface area contributed by atoms with Crippen LogP contribution in [0, 0.1) is 25.6 Å². The molecule has 0 radical (unpaired) electrons. The molecule has 1 fully saturated rings. The minimum Gasteiger partial charge on any atom is -0.355 e. The highest BCUT2D eigenvalue weighted by Crippen LogP contribution is 2.21. The van der Waals surface area contributed by atoms with Crippen LogP contribution in [0.2, 0.25) is 0 Å². The summed E-state index contributed by atoms with van der Waals surface area (Å²) >= 11 is 1.66. The first kappa shape index (κ1) is 19.5. The molecule has 2 aromatic rings. The number of carbonyl (C=O) groups excluding carboxylic acids is 2. The smallest absolute Gasteiger partial charge is 0.224 e. The van der Waals surface area contributed by atoms with Gasteiger partial charge in [-0.2, -0.15) is 0 Å². The third-order valence-electron chi connectivity index (χ3n) is 4.84. The van der Waals surface area contributed by atoms with Crippen molar-refractivity contribution in [1.82, 2.24) is 15.2 Å². The molecule has 1 atom stereocenters. The Morgan fingerprint density at radius 2 is 2.22 bits per heavy atom. The summed E-state index contributed by atoms with van der Waals surface area (Å²) in [5.41, 5.74) is 1.78. The molecule has 1 N–H and O–H groups in total. The van der Waals surface area contributed by atoms with Crippen molar-refractivity contribution in [3.63, 3.8) is 0 Å². The maximum atomic E-state index is 13.4. The van der Waals surface area contributed by atoms with Crippen molar-refractivity contribution in [3.8, 4) is 0 Å². The third-order valence-corrected chi connectivity index (χ3v) is 5.98. The average molecular weight is 389 g/mol. The highest BCUT2D eigenvalue weighted by Gasteiger charge is 2.30.